The minimum Gasteiger partial charge on any atom is -0.486 e. The molecule has 0 aliphatic carbocycles. The van der Waals surface area contributed by atoms with Gasteiger partial charge < -0.3 is 9.47 Å². The van der Waals surface area contributed by atoms with Crippen LogP contribution < -0.4 is 9.47 Å². The number of Topliss-reactive ketones (excluding diaryl/α,β-unsaturated/α-hetero) is 1. The van der Waals surface area contributed by atoms with E-state index in [4.69, 9.17) is 9.47 Å². The van der Waals surface area contributed by atoms with Crippen molar-refractivity contribution in [2.75, 3.05) is 13.2 Å². The number of benzene rings is 1. The van der Waals surface area contributed by atoms with Crippen LogP contribution in [0.2, 0.25) is 0 Å². The van der Waals surface area contributed by atoms with Gasteiger partial charge >= 0.3 is 0 Å². The molecule has 0 fully saturated rings. The van der Waals surface area contributed by atoms with Gasteiger partial charge in [-0.2, -0.15) is 0 Å². The Morgan fingerprint density at radius 3 is 2.81 bits per heavy atom. The highest BCUT2D eigenvalue weighted by Gasteiger charge is 2.20. The van der Waals surface area contributed by atoms with Crippen molar-refractivity contribution in [2.45, 2.75) is 20.3 Å². The summed E-state index contributed by atoms with van der Waals surface area (Å²) >= 11 is 0. The average molecular weight is 220 g/mol. The molecule has 1 aromatic rings. The lowest BCUT2D eigenvalue weighted by atomic mass is 10.00. The zero-order valence-corrected chi connectivity index (χ0v) is 9.66. The lowest BCUT2D eigenvalue weighted by Gasteiger charge is -2.20. The van der Waals surface area contributed by atoms with Crippen molar-refractivity contribution in [3.8, 4) is 11.5 Å². The van der Waals surface area contributed by atoms with Crippen molar-refractivity contribution in [1.82, 2.24) is 0 Å². The minimum atomic E-state index is 0.123. The number of hydrogen-bond donors (Lipinski definition) is 0. The highest BCUT2D eigenvalue weighted by Crippen LogP contribution is 2.34. The zero-order chi connectivity index (χ0) is 11.5. The van der Waals surface area contributed by atoms with Crippen LogP contribution >= 0.6 is 0 Å². The van der Waals surface area contributed by atoms with Crippen molar-refractivity contribution in [3.63, 3.8) is 0 Å². The van der Waals surface area contributed by atoms with E-state index < -0.39 is 0 Å². The van der Waals surface area contributed by atoms with Crippen LogP contribution in [0.1, 0.15) is 30.6 Å². The lowest BCUT2D eigenvalue weighted by molar-refractivity contribution is 0.0956. The first-order valence-corrected chi connectivity index (χ1v) is 5.60. The van der Waals surface area contributed by atoms with Gasteiger partial charge in [-0.25, -0.2) is 0 Å². The summed E-state index contributed by atoms with van der Waals surface area (Å²) in [5, 5.41) is 0. The second kappa shape index (κ2) is 4.56. The summed E-state index contributed by atoms with van der Waals surface area (Å²) in [4.78, 5) is 12.0. The van der Waals surface area contributed by atoms with Gasteiger partial charge in [-0.1, -0.05) is 19.9 Å². The monoisotopic (exact) mass is 220 g/mol. The van der Waals surface area contributed by atoms with Crippen LogP contribution in [0.5, 0.6) is 11.5 Å². The summed E-state index contributed by atoms with van der Waals surface area (Å²) in [7, 11) is 0. The van der Waals surface area contributed by atoms with Crippen LogP contribution in [-0.2, 0) is 0 Å². The van der Waals surface area contributed by atoms with E-state index in [1.165, 1.54) is 0 Å². The summed E-state index contributed by atoms with van der Waals surface area (Å²) < 4.78 is 11.0. The van der Waals surface area contributed by atoms with Crippen LogP contribution in [0, 0.1) is 5.92 Å². The molecule has 3 nitrogen and oxygen atoms in total. The summed E-state index contributed by atoms with van der Waals surface area (Å²) in [6.45, 7) is 5.13. The molecule has 0 unspecified atom stereocenters. The molecule has 1 aromatic carbocycles. The number of carbonyl (C=O) groups excluding carboxylic acids is 1. The van der Waals surface area contributed by atoms with E-state index in [1.54, 1.807) is 6.07 Å². The standard InChI is InChI=1S/C13H16O3/c1-9(2)8-11(14)10-4-3-5-12-13(10)16-7-6-15-12/h3-5,9H,6-8H2,1-2H3. The molecule has 2 rings (SSSR count). The van der Waals surface area contributed by atoms with Gasteiger partial charge in [0.05, 0.1) is 5.56 Å². The second-order valence-corrected chi connectivity index (χ2v) is 4.35. The zero-order valence-electron chi connectivity index (χ0n) is 9.66. The first-order chi connectivity index (χ1) is 7.68. The third-order valence-electron chi connectivity index (χ3n) is 2.46. The van der Waals surface area contributed by atoms with E-state index >= 15 is 0 Å². The molecule has 0 aromatic heterocycles. The molecular formula is C13H16O3. The Balaban J connectivity index is 2.30. The number of fused-ring (bicyclic) bond motifs is 1. The van der Waals surface area contributed by atoms with Crippen molar-refractivity contribution in [3.05, 3.63) is 23.8 Å². The van der Waals surface area contributed by atoms with E-state index in [0.29, 0.717) is 42.6 Å². The van der Waals surface area contributed by atoms with Gasteiger partial charge in [0.1, 0.15) is 13.2 Å². The Bertz CT molecular complexity index is 396. The van der Waals surface area contributed by atoms with Crippen LogP contribution in [-0.4, -0.2) is 19.0 Å². The lowest BCUT2D eigenvalue weighted by Crippen LogP contribution is -2.18. The molecule has 3 heteroatoms. The van der Waals surface area contributed by atoms with Crippen molar-refractivity contribution in [1.29, 1.82) is 0 Å². The quantitative estimate of drug-likeness (QED) is 0.735. The van der Waals surface area contributed by atoms with Crippen LogP contribution in [0.25, 0.3) is 0 Å². The molecule has 1 aliphatic heterocycles. The Morgan fingerprint density at radius 1 is 1.31 bits per heavy atom. The summed E-state index contributed by atoms with van der Waals surface area (Å²) in [6, 6.07) is 5.47. The number of ether oxygens (including phenoxy) is 2. The van der Waals surface area contributed by atoms with Gasteiger partial charge in [0.2, 0.25) is 0 Å². The Morgan fingerprint density at radius 2 is 2.06 bits per heavy atom. The van der Waals surface area contributed by atoms with Gasteiger partial charge in [-0.15, -0.1) is 0 Å². The fraction of sp³-hybridized carbons (Fsp3) is 0.462. The third-order valence-corrected chi connectivity index (χ3v) is 2.46. The van der Waals surface area contributed by atoms with E-state index in [0.717, 1.165) is 0 Å². The molecule has 0 radical (unpaired) electrons. The van der Waals surface area contributed by atoms with Crippen LogP contribution in [0.4, 0.5) is 0 Å². The molecular weight excluding hydrogens is 204 g/mol. The van der Waals surface area contributed by atoms with Gasteiger partial charge in [0, 0.05) is 6.42 Å². The maximum absolute atomic E-state index is 12.0. The van der Waals surface area contributed by atoms with E-state index in [2.05, 4.69) is 0 Å². The maximum atomic E-state index is 12.0. The molecule has 0 N–H and O–H groups in total. The van der Waals surface area contributed by atoms with E-state index in [9.17, 15) is 4.79 Å². The highest BCUT2D eigenvalue weighted by molar-refractivity contribution is 5.99. The van der Waals surface area contributed by atoms with Gasteiger partial charge in [-0.3, -0.25) is 4.79 Å². The van der Waals surface area contributed by atoms with E-state index in [-0.39, 0.29) is 5.78 Å². The molecule has 0 spiro atoms. The predicted octanol–water partition coefficient (Wildman–Crippen LogP) is 2.69. The molecule has 0 saturated carbocycles. The van der Waals surface area contributed by atoms with Crippen molar-refractivity contribution in [2.24, 2.45) is 5.92 Å². The van der Waals surface area contributed by atoms with Crippen LogP contribution in [0.3, 0.4) is 0 Å². The molecule has 0 amide bonds. The normalized spacial score (nSPS) is 13.9. The first kappa shape index (κ1) is 11.0. The molecule has 0 bridgehead atoms. The van der Waals surface area contributed by atoms with Gasteiger partial charge in [0.25, 0.3) is 0 Å². The summed E-state index contributed by atoms with van der Waals surface area (Å²) in [5.41, 5.74) is 0.644. The topological polar surface area (TPSA) is 35.5 Å². The van der Waals surface area contributed by atoms with E-state index in [1.807, 2.05) is 26.0 Å². The largest absolute Gasteiger partial charge is 0.486 e. The number of rotatable bonds is 3. The smallest absolute Gasteiger partial charge is 0.172 e. The van der Waals surface area contributed by atoms with Gasteiger partial charge in [0.15, 0.2) is 17.3 Å². The average Bonchev–Trinajstić information content (AvgIpc) is 2.27. The van der Waals surface area contributed by atoms with Crippen molar-refractivity contribution >= 4 is 5.78 Å². The Kier molecular flexibility index (Phi) is 3.13. The van der Waals surface area contributed by atoms with Gasteiger partial charge in [-0.05, 0) is 18.1 Å². The minimum absolute atomic E-state index is 0.123. The third kappa shape index (κ3) is 2.18. The Labute approximate surface area is 95.4 Å². The fourth-order valence-electron chi connectivity index (χ4n) is 1.77. The Hall–Kier alpha value is -1.51. The maximum Gasteiger partial charge on any atom is 0.172 e. The number of hydrogen-bond acceptors (Lipinski definition) is 3. The number of carbonyl (C=O) groups is 1. The first-order valence-electron chi connectivity index (χ1n) is 5.60. The molecule has 1 heterocycles. The van der Waals surface area contributed by atoms with Crippen molar-refractivity contribution < 1.29 is 14.3 Å². The molecule has 0 saturated heterocycles. The summed E-state index contributed by atoms with van der Waals surface area (Å²) in [5.74, 6) is 1.77. The highest BCUT2D eigenvalue weighted by atomic mass is 16.6. The SMILES string of the molecule is CC(C)CC(=O)c1cccc2c1OCCO2. The molecule has 16 heavy (non-hydrogen) atoms. The fourth-order valence-corrected chi connectivity index (χ4v) is 1.77. The summed E-state index contributed by atoms with van der Waals surface area (Å²) in [6.07, 6.45) is 0.541. The predicted molar refractivity (Wildman–Crippen MR) is 61.2 cm³/mol. The molecule has 1 aliphatic rings. The number of para-hydroxylation sites is 1. The number of ketones is 1. The van der Waals surface area contributed by atoms with Crippen LogP contribution in [0.15, 0.2) is 18.2 Å². The molecule has 86 valence electrons. The molecule has 0 atom stereocenters. The second-order valence-electron chi connectivity index (χ2n) is 4.35.